The molecule has 5 rings (SSSR count). The van der Waals surface area contributed by atoms with Crippen LogP contribution < -0.4 is 14.2 Å². The van der Waals surface area contributed by atoms with Crippen LogP contribution in [0.25, 0.3) is 0 Å². The van der Waals surface area contributed by atoms with Crippen molar-refractivity contribution in [2.75, 3.05) is 27.6 Å². The van der Waals surface area contributed by atoms with Crippen molar-refractivity contribution in [2.24, 2.45) is 11.8 Å². The molecule has 3 aliphatic rings. The number of esters is 3. The van der Waals surface area contributed by atoms with E-state index in [-0.39, 0.29) is 48.7 Å². The highest BCUT2D eigenvalue weighted by atomic mass is 16.7. The molecular formula is C29H28O10. The lowest BCUT2D eigenvalue weighted by Gasteiger charge is -2.39. The first kappa shape index (κ1) is 26.3. The molecule has 2 aromatic carbocycles. The zero-order valence-corrected chi connectivity index (χ0v) is 22.0. The second-order valence-corrected chi connectivity index (χ2v) is 9.84. The fourth-order valence-corrected chi connectivity index (χ4v) is 5.53. The van der Waals surface area contributed by atoms with Gasteiger partial charge >= 0.3 is 17.9 Å². The minimum atomic E-state index is -1.75. The Morgan fingerprint density at radius 2 is 1.72 bits per heavy atom. The van der Waals surface area contributed by atoms with E-state index in [1.807, 2.05) is 13.8 Å². The van der Waals surface area contributed by atoms with Crippen LogP contribution >= 0.6 is 0 Å². The number of hydrogen-bond acceptors (Lipinski definition) is 10. The largest absolute Gasteiger partial charge is 0.487 e. The minimum Gasteiger partial charge on any atom is -0.487 e. The maximum absolute atomic E-state index is 13.9. The summed E-state index contributed by atoms with van der Waals surface area (Å²) >= 11 is 0. The monoisotopic (exact) mass is 536 g/mol. The normalized spacial score (nSPS) is 25.5. The van der Waals surface area contributed by atoms with Gasteiger partial charge in [0, 0.05) is 23.1 Å². The van der Waals surface area contributed by atoms with E-state index < -0.39 is 35.2 Å². The van der Waals surface area contributed by atoms with Crippen molar-refractivity contribution in [3.8, 4) is 17.2 Å². The molecule has 0 unspecified atom stereocenters. The Bertz CT molecular complexity index is 1380. The molecule has 0 spiro atoms. The molecule has 39 heavy (non-hydrogen) atoms. The van der Waals surface area contributed by atoms with Crippen molar-refractivity contribution in [1.82, 2.24) is 0 Å². The van der Waals surface area contributed by atoms with Crippen LogP contribution in [0.1, 0.15) is 47.9 Å². The van der Waals surface area contributed by atoms with E-state index in [1.165, 1.54) is 13.2 Å². The van der Waals surface area contributed by atoms with Crippen molar-refractivity contribution in [3.63, 3.8) is 0 Å². The Hall–Kier alpha value is -4.34. The summed E-state index contributed by atoms with van der Waals surface area (Å²) in [5.74, 6) is -2.99. The van der Waals surface area contributed by atoms with Crippen molar-refractivity contribution in [1.29, 1.82) is 0 Å². The van der Waals surface area contributed by atoms with E-state index in [2.05, 4.69) is 0 Å². The molecule has 0 fully saturated rings. The fraction of sp³-hybridized carbons (Fsp3) is 0.379. The Balaban J connectivity index is 1.79. The van der Waals surface area contributed by atoms with Crippen LogP contribution in [0.15, 0.2) is 48.0 Å². The van der Waals surface area contributed by atoms with Gasteiger partial charge in [-0.15, -0.1) is 0 Å². The molecule has 2 aliphatic heterocycles. The Kier molecular flexibility index (Phi) is 6.80. The molecule has 0 amide bonds. The number of ketones is 1. The van der Waals surface area contributed by atoms with E-state index in [0.717, 1.165) is 7.11 Å². The second kappa shape index (κ2) is 10.1. The third kappa shape index (κ3) is 4.20. The van der Waals surface area contributed by atoms with Crippen LogP contribution in [0.2, 0.25) is 0 Å². The molecule has 10 heteroatoms. The summed E-state index contributed by atoms with van der Waals surface area (Å²) in [5, 5.41) is 0. The van der Waals surface area contributed by atoms with Gasteiger partial charge in [-0.05, 0) is 36.1 Å². The summed E-state index contributed by atoms with van der Waals surface area (Å²) < 4.78 is 33.3. The van der Waals surface area contributed by atoms with Crippen LogP contribution in [0.5, 0.6) is 17.2 Å². The number of carbonyl (C=O) groups excluding carboxylic acids is 4. The zero-order chi connectivity index (χ0) is 27.9. The van der Waals surface area contributed by atoms with Crippen molar-refractivity contribution in [3.05, 3.63) is 64.7 Å². The van der Waals surface area contributed by atoms with Gasteiger partial charge in [-0.25, -0.2) is 14.4 Å². The van der Waals surface area contributed by atoms with E-state index >= 15 is 0 Å². The van der Waals surface area contributed by atoms with Crippen LogP contribution in [0.3, 0.4) is 0 Å². The average molecular weight is 537 g/mol. The standard InChI is InChI=1S/C29H28O10/c1-15-10-18(11-21(30)34-3)29(26(31)28(33)35-4)13-36-25-22(29)19(12-20-24(25)38-14-37-20)23(16(15)2)39-27(32)17-8-6-5-7-9-17/h5-9,11-12,15-16,23H,10,13-14H2,1-4H3/t15-,16-,23-,29-/m1/s1. The van der Waals surface area contributed by atoms with E-state index in [9.17, 15) is 19.2 Å². The zero-order valence-electron chi connectivity index (χ0n) is 22.0. The second-order valence-electron chi connectivity index (χ2n) is 9.84. The number of fused-ring (bicyclic) bond motifs is 2. The molecule has 0 saturated carbocycles. The predicted octanol–water partition coefficient (Wildman–Crippen LogP) is 3.46. The number of rotatable bonds is 5. The summed E-state index contributed by atoms with van der Waals surface area (Å²) in [4.78, 5) is 52.6. The molecule has 10 nitrogen and oxygen atoms in total. The maximum Gasteiger partial charge on any atom is 0.375 e. The molecule has 1 aliphatic carbocycles. The van der Waals surface area contributed by atoms with Gasteiger partial charge in [-0.2, -0.15) is 0 Å². The van der Waals surface area contributed by atoms with Gasteiger partial charge in [-0.3, -0.25) is 4.79 Å². The first-order valence-electron chi connectivity index (χ1n) is 12.5. The highest BCUT2D eigenvalue weighted by Gasteiger charge is 2.58. The lowest BCUT2D eigenvalue weighted by Crippen LogP contribution is -2.47. The summed E-state index contributed by atoms with van der Waals surface area (Å²) in [6.45, 7) is 3.46. The minimum absolute atomic E-state index is 0.0855. The maximum atomic E-state index is 13.9. The summed E-state index contributed by atoms with van der Waals surface area (Å²) in [5.41, 5.74) is -0.365. The van der Waals surface area contributed by atoms with E-state index in [4.69, 9.17) is 28.4 Å². The SMILES string of the molecule is COC(=O)C=C1C[C@@H](C)[C@@H](C)[C@@H](OC(=O)c2ccccc2)c2cc3c(c4c2[C@@]1(C(=O)C(=O)OC)CO4)OCO3. The number of benzene rings is 2. The molecule has 0 N–H and O–H groups in total. The topological polar surface area (TPSA) is 124 Å². The summed E-state index contributed by atoms with van der Waals surface area (Å²) in [6, 6.07) is 10.2. The van der Waals surface area contributed by atoms with Crippen LogP contribution in [0.4, 0.5) is 0 Å². The van der Waals surface area contributed by atoms with E-state index in [0.29, 0.717) is 22.4 Å². The lowest BCUT2D eigenvalue weighted by molar-refractivity contribution is -0.154. The smallest absolute Gasteiger partial charge is 0.375 e. The highest BCUT2D eigenvalue weighted by Crippen LogP contribution is 2.59. The first-order valence-corrected chi connectivity index (χ1v) is 12.5. The molecule has 2 heterocycles. The van der Waals surface area contributed by atoms with Crippen molar-refractivity contribution in [2.45, 2.75) is 31.8 Å². The van der Waals surface area contributed by atoms with Gasteiger partial charge < -0.3 is 28.4 Å². The number of Topliss-reactive ketones (excluding diaryl/α,β-unsaturated/α-hetero) is 1. The molecule has 204 valence electrons. The first-order chi connectivity index (χ1) is 18.7. The number of ether oxygens (including phenoxy) is 6. The number of methoxy groups -OCH3 is 2. The molecule has 2 aromatic rings. The van der Waals surface area contributed by atoms with Gasteiger partial charge in [0.25, 0.3) is 5.78 Å². The Morgan fingerprint density at radius 3 is 2.41 bits per heavy atom. The van der Waals surface area contributed by atoms with Gasteiger partial charge in [0.15, 0.2) is 11.5 Å². The molecular weight excluding hydrogens is 508 g/mol. The average Bonchev–Trinajstić information content (AvgIpc) is 3.59. The van der Waals surface area contributed by atoms with Crippen LogP contribution in [-0.4, -0.2) is 51.3 Å². The lowest BCUT2D eigenvalue weighted by atomic mass is 9.63. The van der Waals surface area contributed by atoms with Gasteiger partial charge in [0.2, 0.25) is 12.5 Å². The van der Waals surface area contributed by atoms with Crippen molar-refractivity contribution < 1.29 is 47.6 Å². The summed E-state index contributed by atoms with van der Waals surface area (Å²) in [7, 11) is 2.33. The quantitative estimate of drug-likeness (QED) is 0.243. The van der Waals surface area contributed by atoms with Crippen LogP contribution in [0, 0.1) is 11.8 Å². The highest BCUT2D eigenvalue weighted by molar-refractivity contribution is 6.38. The third-order valence-electron chi connectivity index (χ3n) is 7.78. The third-order valence-corrected chi connectivity index (χ3v) is 7.78. The van der Waals surface area contributed by atoms with Crippen molar-refractivity contribution >= 4 is 23.7 Å². The molecule has 0 bridgehead atoms. The molecule has 0 radical (unpaired) electrons. The summed E-state index contributed by atoms with van der Waals surface area (Å²) in [6.07, 6.45) is 0.574. The van der Waals surface area contributed by atoms with Gasteiger partial charge in [-0.1, -0.05) is 32.0 Å². The van der Waals surface area contributed by atoms with E-state index in [1.54, 1.807) is 36.4 Å². The predicted molar refractivity (Wildman–Crippen MR) is 134 cm³/mol. The number of hydrogen-bond donors (Lipinski definition) is 0. The number of carbonyl (C=O) groups is 4. The molecule has 0 saturated heterocycles. The Morgan fingerprint density at radius 1 is 0.974 bits per heavy atom. The van der Waals surface area contributed by atoms with Gasteiger partial charge in [0.1, 0.15) is 18.1 Å². The Labute approximate surface area is 224 Å². The van der Waals surface area contributed by atoms with Crippen LogP contribution in [-0.2, 0) is 34.0 Å². The molecule has 0 aromatic heterocycles. The fourth-order valence-electron chi connectivity index (χ4n) is 5.53. The molecule has 4 atom stereocenters. The van der Waals surface area contributed by atoms with Gasteiger partial charge in [0.05, 0.1) is 19.8 Å².